The summed E-state index contributed by atoms with van der Waals surface area (Å²) in [6, 6.07) is 14.1. The quantitative estimate of drug-likeness (QED) is 0.447. The van der Waals surface area contributed by atoms with Crippen molar-refractivity contribution in [1.29, 1.82) is 0 Å². The highest BCUT2D eigenvalue weighted by molar-refractivity contribution is 5.87. The predicted octanol–water partition coefficient (Wildman–Crippen LogP) is 5.51. The summed E-state index contributed by atoms with van der Waals surface area (Å²) in [5, 5.41) is 0. The Hall–Kier alpha value is -2.75. The summed E-state index contributed by atoms with van der Waals surface area (Å²) in [6.07, 6.45) is 8.14. The number of benzene rings is 2. The minimum Gasteiger partial charge on any atom is -0.497 e. The molecule has 0 amide bonds. The van der Waals surface area contributed by atoms with Gasteiger partial charge in [0.25, 0.3) is 0 Å². The molecule has 0 aromatic heterocycles. The predicted molar refractivity (Wildman–Crippen MR) is 111 cm³/mol. The minimum atomic E-state index is -0.338. The maximum atomic E-state index is 11.7. The summed E-state index contributed by atoms with van der Waals surface area (Å²) < 4.78 is 16.5. The van der Waals surface area contributed by atoms with Gasteiger partial charge in [0.1, 0.15) is 18.1 Å². The van der Waals surface area contributed by atoms with Crippen molar-refractivity contribution in [3.8, 4) is 11.5 Å². The molecular weight excluding hydrogens is 352 g/mol. The summed E-state index contributed by atoms with van der Waals surface area (Å²) in [5.41, 5.74) is 3.21. The zero-order valence-electron chi connectivity index (χ0n) is 16.6. The first kappa shape index (κ1) is 20.0. The molecule has 0 bridgehead atoms. The van der Waals surface area contributed by atoms with Gasteiger partial charge in [-0.25, -0.2) is 4.79 Å². The highest BCUT2D eigenvalue weighted by atomic mass is 16.5. The van der Waals surface area contributed by atoms with Crippen LogP contribution in [0, 0.1) is 0 Å². The van der Waals surface area contributed by atoms with Crippen LogP contribution in [0.15, 0.2) is 48.5 Å². The van der Waals surface area contributed by atoms with Gasteiger partial charge in [-0.15, -0.1) is 0 Å². The van der Waals surface area contributed by atoms with Crippen LogP contribution in [0.4, 0.5) is 0 Å². The standard InChI is InChI=1S/C24H28O4/c1-3-27-23(25)16-13-20-9-6-10-22(19-7-4-5-8-19)24(20)28-17-18-11-14-21(26-2)15-12-18/h6,9-16,19H,3-5,7-8,17H2,1-2H3/b16-13+. The number of para-hydroxylation sites is 1. The Balaban J connectivity index is 1.84. The highest BCUT2D eigenvalue weighted by Gasteiger charge is 2.22. The molecule has 0 saturated heterocycles. The smallest absolute Gasteiger partial charge is 0.330 e. The molecule has 4 heteroatoms. The zero-order valence-corrected chi connectivity index (χ0v) is 16.6. The Morgan fingerprint density at radius 3 is 2.54 bits per heavy atom. The largest absolute Gasteiger partial charge is 0.497 e. The van der Waals surface area contributed by atoms with Gasteiger partial charge in [0, 0.05) is 11.6 Å². The van der Waals surface area contributed by atoms with E-state index in [4.69, 9.17) is 14.2 Å². The van der Waals surface area contributed by atoms with Gasteiger partial charge in [0.2, 0.25) is 0 Å². The van der Waals surface area contributed by atoms with E-state index in [1.165, 1.54) is 37.3 Å². The third-order valence-corrected chi connectivity index (χ3v) is 5.10. The lowest BCUT2D eigenvalue weighted by Gasteiger charge is -2.18. The molecule has 1 aliphatic carbocycles. The van der Waals surface area contributed by atoms with Gasteiger partial charge in [0.15, 0.2) is 0 Å². The Kier molecular flexibility index (Phi) is 7.12. The molecule has 0 aliphatic heterocycles. The fourth-order valence-corrected chi connectivity index (χ4v) is 3.66. The zero-order chi connectivity index (χ0) is 19.8. The topological polar surface area (TPSA) is 44.8 Å². The van der Waals surface area contributed by atoms with Crippen LogP contribution in [-0.2, 0) is 16.1 Å². The summed E-state index contributed by atoms with van der Waals surface area (Å²) in [5.74, 6) is 1.87. The van der Waals surface area contributed by atoms with Crippen molar-refractivity contribution < 1.29 is 19.0 Å². The molecule has 1 fully saturated rings. The Labute approximate surface area is 167 Å². The fourth-order valence-electron chi connectivity index (χ4n) is 3.66. The molecular formula is C24H28O4. The summed E-state index contributed by atoms with van der Waals surface area (Å²) in [6.45, 7) is 2.63. The molecule has 1 aliphatic rings. The van der Waals surface area contributed by atoms with Crippen LogP contribution in [-0.4, -0.2) is 19.7 Å². The van der Waals surface area contributed by atoms with Crippen molar-refractivity contribution in [3.63, 3.8) is 0 Å². The van der Waals surface area contributed by atoms with E-state index in [1.54, 1.807) is 20.1 Å². The molecule has 0 unspecified atom stereocenters. The maximum Gasteiger partial charge on any atom is 0.330 e. The first-order valence-corrected chi connectivity index (χ1v) is 9.94. The van der Waals surface area contributed by atoms with Crippen molar-refractivity contribution in [2.24, 2.45) is 0 Å². The van der Waals surface area contributed by atoms with E-state index in [2.05, 4.69) is 6.07 Å². The van der Waals surface area contributed by atoms with Crippen molar-refractivity contribution >= 4 is 12.0 Å². The number of hydrogen-bond donors (Lipinski definition) is 0. The van der Waals surface area contributed by atoms with Crippen LogP contribution >= 0.6 is 0 Å². The van der Waals surface area contributed by atoms with Crippen molar-refractivity contribution in [3.05, 3.63) is 65.2 Å². The van der Waals surface area contributed by atoms with E-state index in [9.17, 15) is 4.79 Å². The lowest BCUT2D eigenvalue weighted by atomic mass is 9.94. The Bertz CT molecular complexity index is 802. The number of ether oxygens (including phenoxy) is 3. The molecule has 0 N–H and O–H groups in total. The molecule has 148 valence electrons. The van der Waals surface area contributed by atoms with Crippen LogP contribution in [0.3, 0.4) is 0 Å². The van der Waals surface area contributed by atoms with E-state index in [-0.39, 0.29) is 5.97 Å². The van der Waals surface area contributed by atoms with Crippen LogP contribution < -0.4 is 9.47 Å². The van der Waals surface area contributed by atoms with E-state index in [0.717, 1.165) is 22.6 Å². The molecule has 2 aromatic carbocycles. The summed E-state index contributed by atoms with van der Waals surface area (Å²) >= 11 is 0. The summed E-state index contributed by atoms with van der Waals surface area (Å²) in [4.78, 5) is 11.7. The second kappa shape index (κ2) is 9.98. The van der Waals surface area contributed by atoms with E-state index in [1.807, 2.05) is 36.4 Å². The molecule has 0 spiro atoms. The molecule has 1 saturated carbocycles. The van der Waals surface area contributed by atoms with Crippen LogP contribution in [0.2, 0.25) is 0 Å². The number of methoxy groups -OCH3 is 1. The lowest BCUT2D eigenvalue weighted by molar-refractivity contribution is -0.137. The second-order valence-corrected chi connectivity index (χ2v) is 6.97. The monoisotopic (exact) mass is 380 g/mol. The van der Waals surface area contributed by atoms with E-state index in [0.29, 0.717) is 19.1 Å². The fraction of sp³-hybridized carbons (Fsp3) is 0.375. The average molecular weight is 380 g/mol. The molecule has 4 nitrogen and oxygen atoms in total. The van der Waals surface area contributed by atoms with Gasteiger partial charge in [-0.1, -0.05) is 43.2 Å². The molecule has 28 heavy (non-hydrogen) atoms. The average Bonchev–Trinajstić information content (AvgIpc) is 3.26. The van der Waals surface area contributed by atoms with Crippen molar-refractivity contribution in [1.82, 2.24) is 0 Å². The number of esters is 1. The second-order valence-electron chi connectivity index (χ2n) is 6.97. The normalized spacial score (nSPS) is 14.4. The van der Waals surface area contributed by atoms with Gasteiger partial charge in [-0.2, -0.15) is 0 Å². The third kappa shape index (κ3) is 5.16. The molecule has 2 aromatic rings. The van der Waals surface area contributed by atoms with Gasteiger partial charge in [-0.3, -0.25) is 0 Å². The van der Waals surface area contributed by atoms with Crippen LogP contribution in [0.25, 0.3) is 6.08 Å². The summed E-state index contributed by atoms with van der Waals surface area (Å²) in [7, 11) is 1.66. The third-order valence-electron chi connectivity index (χ3n) is 5.10. The van der Waals surface area contributed by atoms with Crippen molar-refractivity contribution in [2.45, 2.75) is 45.1 Å². The van der Waals surface area contributed by atoms with Crippen molar-refractivity contribution in [2.75, 3.05) is 13.7 Å². The van der Waals surface area contributed by atoms with Gasteiger partial charge >= 0.3 is 5.97 Å². The van der Waals surface area contributed by atoms with E-state index >= 15 is 0 Å². The number of hydrogen-bond acceptors (Lipinski definition) is 4. The molecule has 0 radical (unpaired) electrons. The minimum absolute atomic E-state index is 0.338. The van der Waals surface area contributed by atoms with E-state index < -0.39 is 0 Å². The van der Waals surface area contributed by atoms with Gasteiger partial charge in [0.05, 0.1) is 13.7 Å². The van der Waals surface area contributed by atoms with Crippen LogP contribution in [0.1, 0.15) is 55.2 Å². The molecule has 3 rings (SSSR count). The SMILES string of the molecule is CCOC(=O)/C=C/c1cccc(C2CCCC2)c1OCc1ccc(OC)cc1. The first-order valence-electron chi connectivity index (χ1n) is 9.94. The molecule has 0 atom stereocenters. The maximum absolute atomic E-state index is 11.7. The van der Waals surface area contributed by atoms with Gasteiger partial charge in [-0.05, 0) is 55.0 Å². The molecule has 0 heterocycles. The number of rotatable bonds is 8. The van der Waals surface area contributed by atoms with Gasteiger partial charge < -0.3 is 14.2 Å². The highest BCUT2D eigenvalue weighted by Crippen LogP contribution is 2.40. The number of carbonyl (C=O) groups excluding carboxylic acids is 1. The Morgan fingerprint density at radius 1 is 1.11 bits per heavy atom. The number of carbonyl (C=O) groups is 1. The Morgan fingerprint density at radius 2 is 1.86 bits per heavy atom. The lowest BCUT2D eigenvalue weighted by Crippen LogP contribution is -2.04. The van der Waals surface area contributed by atoms with Crippen LogP contribution in [0.5, 0.6) is 11.5 Å². The first-order chi connectivity index (χ1) is 13.7.